The third-order valence-corrected chi connectivity index (χ3v) is 2.47. The number of thiazole rings is 1. The number of hydrogen-bond acceptors (Lipinski definition) is 4. The van der Waals surface area contributed by atoms with Gasteiger partial charge in [-0.1, -0.05) is 23.2 Å². The van der Waals surface area contributed by atoms with Crippen molar-refractivity contribution >= 4 is 27.5 Å². The first kappa shape index (κ1) is 10.2. The molecule has 0 saturated carbocycles. The molecule has 6 heteroatoms. The van der Waals surface area contributed by atoms with Crippen LogP contribution in [0.1, 0.15) is 4.88 Å². The van der Waals surface area contributed by atoms with Crippen molar-refractivity contribution in [3.8, 4) is 11.8 Å². The molecule has 1 aromatic rings. The molecule has 1 unspecified atom stereocenters. The van der Waals surface area contributed by atoms with Crippen LogP contribution in [-0.2, 0) is 11.0 Å². The second kappa shape index (κ2) is 4.97. The van der Waals surface area contributed by atoms with Crippen LogP contribution in [-0.4, -0.2) is 27.2 Å². The Bertz CT molecular complexity index is 364. The number of aliphatic hydroxyl groups is 1. The average molecular weight is 216 g/mol. The quantitative estimate of drug-likeness (QED) is 0.694. The van der Waals surface area contributed by atoms with Gasteiger partial charge in [0.05, 0.1) is 11.1 Å². The molecule has 0 radical (unpaired) electrons. The van der Waals surface area contributed by atoms with E-state index in [1.165, 1.54) is 17.6 Å². The van der Waals surface area contributed by atoms with E-state index >= 15 is 0 Å². The minimum Gasteiger partial charge on any atom is -0.384 e. The molecule has 2 N–H and O–H groups in total. The van der Waals surface area contributed by atoms with Gasteiger partial charge in [-0.3, -0.25) is 4.72 Å². The summed E-state index contributed by atoms with van der Waals surface area (Å²) in [4.78, 5) is 4.68. The molecule has 13 heavy (non-hydrogen) atoms. The fraction of sp³-hybridized carbons (Fsp3) is 0.286. The van der Waals surface area contributed by atoms with Crippen molar-refractivity contribution in [2.75, 3.05) is 17.6 Å². The summed E-state index contributed by atoms with van der Waals surface area (Å²) in [6, 6.07) is 0. The summed E-state index contributed by atoms with van der Waals surface area (Å²) in [6.07, 6.45) is 3.10. The van der Waals surface area contributed by atoms with E-state index in [1.54, 1.807) is 6.20 Å². The minimum atomic E-state index is -1.11. The van der Waals surface area contributed by atoms with Crippen LogP contribution in [0, 0.1) is 11.8 Å². The lowest BCUT2D eigenvalue weighted by Crippen LogP contribution is -1.99. The standard InChI is InChI=1S/C7H8N2O2S2/c1-13(11)9-7-8-5-6(12-7)3-2-4-10/h5,10H,4H2,1H3,(H,8,9). The van der Waals surface area contributed by atoms with E-state index in [2.05, 4.69) is 21.5 Å². The van der Waals surface area contributed by atoms with Crippen molar-refractivity contribution in [1.82, 2.24) is 4.98 Å². The number of rotatable bonds is 2. The van der Waals surface area contributed by atoms with E-state index in [0.717, 1.165) is 4.88 Å². The molecule has 0 fully saturated rings. The second-order valence-corrected chi connectivity index (χ2v) is 4.19. The van der Waals surface area contributed by atoms with Crippen LogP contribution < -0.4 is 4.72 Å². The molecule has 0 spiro atoms. The highest BCUT2D eigenvalue weighted by atomic mass is 32.2. The van der Waals surface area contributed by atoms with Crippen molar-refractivity contribution in [2.45, 2.75) is 0 Å². The van der Waals surface area contributed by atoms with Gasteiger partial charge in [0.2, 0.25) is 0 Å². The Labute approximate surface area is 82.6 Å². The maximum Gasteiger partial charge on any atom is 0.195 e. The van der Waals surface area contributed by atoms with Gasteiger partial charge in [-0.05, 0) is 0 Å². The van der Waals surface area contributed by atoms with E-state index in [9.17, 15) is 4.21 Å². The summed E-state index contributed by atoms with van der Waals surface area (Å²) in [5.74, 6) is 5.21. The monoisotopic (exact) mass is 216 g/mol. The summed E-state index contributed by atoms with van der Waals surface area (Å²) in [6.45, 7) is -0.166. The zero-order valence-corrected chi connectivity index (χ0v) is 8.54. The Morgan fingerprint density at radius 3 is 3.23 bits per heavy atom. The van der Waals surface area contributed by atoms with Crippen molar-refractivity contribution in [2.24, 2.45) is 0 Å². The van der Waals surface area contributed by atoms with Crippen LogP contribution in [0.5, 0.6) is 0 Å². The SMILES string of the molecule is CS(=O)Nc1ncc(C#CCO)s1. The van der Waals surface area contributed by atoms with E-state index in [-0.39, 0.29) is 6.61 Å². The van der Waals surface area contributed by atoms with Crippen LogP contribution in [0.15, 0.2) is 6.20 Å². The number of nitrogens with one attached hydrogen (secondary N) is 1. The third kappa shape index (κ3) is 3.55. The molecule has 1 atom stereocenters. The van der Waals surface area contributed by atoms with Gasteiger partial charge >= 0.3 is 0 Å². The average Bonchev–Trinajstić information content (AvgIpc) is 2.48. The lowest BCUT2D eigenvalue weighted by molar-refractivity contribution is 0.350. The Morgan fingerprint density at radius 1 is 1.85 bits per heavy atom. The molecule has 0 amide bonds. The first-order chi connectivity index (χ1) is 6.22. The van der Waals surface area contributed by atoms with Crippen LogP contribution >= 0.6 is 11.3 Å². The van der Waals surface area contributed by atoms with Crippen molar-refractivity contribution in [3.05, 3.63) is 11.1 Å². The van der Waals surface area contributed by atoms with Gasteiger partial charge < -0.3 is 5.11 Å². The van der Waals surface area contributed by atoms with Crippen LogP contribution in [0.3, 0.4) is 0 Å². The molecule has 1 heterocycles. The lowest BCUT2D eigenvalue weighted by Gasteiger charge is -1.92. The number of anilines is 1. The highest BCUT2D eigenvalue weighted by Gasteiger charge is 1.99. The van der Waals surface area contributed by atoms with Gasteiger partial charge in [-0.25, -0.2) is 9.19 Å². The molecule has 0 bridgehead atoms. The first-order valence-corrected chi connectivity index (χ1v) is 5.75. The summed E-state index contributed by atoms with van der Waals surface area (Å²) in [7, 11) is -1.11. The molecule has 0 saturated heterocycles. The Morgan fingerprint density at radius 2 is 2.62 bits per heavy atom. The third-order valence-electron chi connectivity index (χ3n) is 1.03. The Kier molecular flexibility index (Phi) is 3.89. The largest absolute Gasteiger partial charge is 0.384 e. The van der Waals surface area contributed by atoms with E-state index in [4.69, 9.17) is 5.11 Å². The van der Waals surface area contributed by atoms with Gasteiger partial charge in [0.25, 0.3) is 0 Å². The van der Waals surface area contributed by atoms with E-state index < -0.39 is 11.0 Å². The smallest absolute Gasteiger partial charge is 0.195 e. The molecule has 0 aliphatic heterocycles. The van der Waals surface area contributed by atoms with Gasteiger partial charge in [0.1, 0.15) is 17.6 Å². The van der Waals surface area contributed by atoms with Gasteiger partial charge in [-0.2, -0.15) is 0 Å². The molecule has 0 aliphatic rings. The van der Waals surface area contributed by atoms with Crippen LogP contribution in [0.2, 0.25) is 0 Å². The van der Waals surface area contributed by atoms with Crippen LogP contribution in [0.4, 0.5) is 5.13 Å². The topological polar surface area (TPSA) is 62.2 Å². The Balaban J connectivity index is 2.69. The molecule has 70 valence electrons. The number of aliphatic hydroxyl groups excluding tert-OH is 1. The van der Waals surface area contributed by atoms with Crippen molar-refractivity contribution in [3.63, 3.8) is 0 Å². The number of nitrogens with zero attached hydrogens (tertiary/aromatic N) is 1. The van der Waals surface area contributed by atoms with Crippen molar-refractivity contribution in [1.29, 1.82) is 0 Å². The van der Waals surface area contributed by atoms with Crippen molar-refractivity contribution < 1.29 is 9.32 Å². The van der Waals surface area contributed by atoms with Gasteiger partial charge in [0.15, 0.2) is 5.13 Å². The van der Waals surface area contributed by atoms with Gasteiger partial charge in [-0.15, -0.1) is 0 Å². The zero-order valence-electron chi connectivity index (χ0n) is 6.90. The summed E-state index contributed by atoms with van der Waals surface area (Å²) in [5, 5.41) is 9.00. The van der Waals surface area contributed by atoms with Gasteiger partial charge in [0, 0.05) is 6.26 Å². The molecular formula is C7H8N2O2S2. The summed E-state index contributed by atoms with van der Waals surface area (Å²) in [5.41, 5.74) is 0. The van der Waals surface area contributed by atoms with Crippen LogP contribution in [0.25, 0.3) is 0 Å². The Hall–Kier alpha value is -0.900. The summed E-state index contributed by atoms with van der Waals surface area (Å²) >= 11 is 1.30. The minimum absolute atomic E-state index is 0.166. The fourth-order valence-electron chi connectivity index (χ4n) is 0.629. The molecule has 4 nitrogen and oxygen atoms in total. The maximum atomic E-state index is 10.7. The molecule has 1 aromatic heterocycles. The summed E-state index contributed by atoms with van der Waals surface area (Å²) < 4.78 is 13.4. The first-order valence-electron chi connectivity index (χ1n) is 3.38. The molecule has 0 aliphatic carbocycles. The zero-order chi connectivity index (χ0) is 9.68. The lowest BCUT2D eigenvalue weighted by atomic mass is 10.5. The maximum absolute atomic E-state index is 10.7. The molecular weight excluding hydrogens is 208 g/mol. The fourth-order valence-corrected chi connectivity index (χ4v) is 1.99. The number of aromatic nitrogens is 1. The normalized spacial score (nSPS) is 11.5. The predicted octanol–water partition coefficient (Wildman–Crippen LogP) is 0.192. The molecule has 0 aromatic carbocycles. The highest BCUT2D eigenvalue weighted by Crippen LogP contribution is 2.16. The number of hydrogen-bond donors (Lipinski definition) is 2. The van der Waals surface area contributed by atoms with E-state index in [1.807, 2.05) is 0 Å². The van der Waals surface area contributed by atoms with E-state index in [0.29, 0.717) is 5.13 Å². The predicted molar refractivity (Wildman–Crippen MR) is 53.8 cm³/mol. The second-order valence-electron chi connectivity index (χ2n) is 2.05. The highest BCUT2D eigenvalue weighted by molar-refractivity contribution is 7.85. The molecule has 1 rings (SSSR count).